The topological polar surface area (TPSA) is 0 Å². The van der Waals surface area contributed by atoms with Gasteiger partial charge in [0.2, 0.25) is 35.0 Å². The van der Waals surface area contributed by atoms with Crippen molar-refractivity contribution in [2.24, 2.45) is 0 Å². The molecule has 0 aromatic rings. The minimum Gasteiger partial charge on any atom is -0.226 e. The fraction of sp³-hybridized carbons (Fsp3) is 0.200. The first-order valence-electron chi connectivity index (χ1n) is 6.84. The highest BCUT2D eigenvalue weighted by Crippen LogP contribution is 2.44. The van der Waals surface area contributed by atoms with Crippen molar-refractivity contribution in [3.05, 3.63) is 70.4 Å². The highest BCUT2D eigenvalue weighted by Gasteiger charge is 2.57. The van der Waals surface area contributed by atoms with Crippen LogP contribution in [0.25, 0.3) is 0 Å². The molecular weight excluding hydrogens is 484 g/mol. The average Bonchev–Trinajstić information content (AvgIpc) is 2.71. The maximum Gasteiger partial charge on any atom is 0.428 e. The summed E-state index contributed by atoms with van der Waals surface area (Å²) in [5.74, 6) is -38.7. The lowest BCUT2D eigenvalue weighted by Gasteiger charge is -2.21. The van der Waals surface area contributed by atoms with E-state index in [0.717, 1.165) is 0 Å². The lowest BCUT2D eigenvalue weighted by molar-refractivity contribution is -0.215. The largest absolute Gasteiger partial charge is 0.428 e. The standard InChI is InChI=1S/C15H4F16/c1-14(28,15(29,30)31)13(27)12(26)11(25)10(24)9(23)8(22)7(21)6(20)5(19)4(18)3(17)2-16/h2H,1H3/b3-2-,5-4+,7-6+,9-8+,11-10+,13-12+. The van der Waals surface area contributed by atoms with E-state index in [1.54, 1.807) is 0 Å². The van der Waals surface area contributed by atoms with E-state index in [4.69, 9.17) is 0 Å². The van der Waals surface area contributed by atoms with Gasteiger partial charge in [0.15, 0.2) is 29.1 Å². The quantitative estimate of drug-likeness (QED) is 0.259. The number of alkyl halides is 4. The molecule has 16 heteroatoms. The van der Waals surface area contributed by atoms with Gasteiger partial charge in [0.1, 0.15) is 6.33 Å². The summed E-state index contributed by atoms with van der Waals surface area (Å²) < 4.78 is 205. The third kappa shape index (κ3) is 5.94. The molecule has 0 nitrogen and oxygen atoms in total. The van der Waals surface area contributed by atoms with Gasteiger partial charge in [-0.2, -0.15) is 13.2 Å². The number of halogens is 16. The lowest BCUT2D eigenvalue weighted by Crippen LogP contribution is -2.39. The minimum absolute atomic E-state index is 0.730. The van der Waals surface area contributed by atoms with Gasteiger partial charge in [-0.1, -0.05) is 0 Å². The third-order valence-electron chi connectivity index (χ3n) is 2.98. The van der Waals surface area contributed by atoms with E-state index in [1.165, 1.54) is 0 Å². The van der Waals surface area contributed by atoms with Crippen LogP contribution < -0.4 is 0 Å². The second-order valence-corrected chi connectivity index (χ2v) is 5.10. The van der Waals surface area contributed by atoms with Gasteiger partial charge in [-0.05, 0) is 6.92 Å². The van der Waals surface area contributed by atoms with Crippen LogP contribution in [0.1, 0.15) is 6.92 Å². The Morgan fingerprint density at radius 1 is 0.484 bits per heavy atom. The Morgan fingerprint density at radius 2 is 0.742 bits per heavy atom. The van der Waals surface area contributed by atoms with Gasteiger partial charge in [-0.3, -0.25) is 0 Å². The summed E-state index contributed by atoms with van der Waals surface area (Å²) in [6.45, 7) is -0.730. The summed E-state index contributed by atoms with van der Waals surface area (Å²) in [4.78, 5) is 0. The van der Waals surface area contributed by atoms with Crippen molar-refractivity contribution in [2.45, 2.75) is 18.8 Å². The van der Waals surface area contributed by atoms with Crippen molar-refractivity contribution < 1.29 is 70.2 Å². The molecule has 176 valence electrons. The Hall–Kier alpha value is -2.68. The zero-order valence-electron chi connectivity index (χ0n) is 14.1. The number of hydrogen-bond acceptors (Lipinski definition) is 0. The van der Waals surface area contributed by atoms with Crippen LogP contribution in [0.15, 0.2) is 70.4 Å². The molecule has 0 saturated carbocycles. The zero-order chi connectivity index (χ0) is 25.1. The van der Waals surface area contributed by atoms with Crippen molar-refractivity contribution in [1.82, 2.24) is 0 Å². The minimum atomic E-state index is -6.26. The van der Waals surface area contributed by atoms with Crippen LogP contribution in [0, 0.1) is 0 Å². The van der Waals surface area contributed by atoms with Gasteiger partial charge in [-0.15, -0.1) is 0 Å². The summed E-state index contributed by atoms with van der Waals surface area (Å²) >= 11 is 0. The van der Waals surface area contributed by atoms with Gasteiger partial charge in [0.05, 0.1) is 0 Å². The molecule has 0 aromatic heterocycles. The van der Waals surface area contributed by atoms with Crippen LogP contribution in [0.3, 0.4) is 0 Å². The number of allylic oxidation sites excluding steroid dienone is 11. The summed E-state index contributed by atoms with van der Waals surface area (Å²) in [6.07, 6.45) is -7.60. The van der Waals surface area contributed by atoms with Gasteiger partial charge < -0.3 is 0 Å². The van der Waals surface area contributed by atoms with Crippen LogP contribution in [-0.2, 0) is 0 Å². The lowest BCUT2D eigenvalue weighted by atomic mass is 10.1. The van der Waals surface area contributed by atoms with Crippen molar-refractivity contribution in [3.8, 4) is 0 Å². The molecule has 0 N–H and O–H groups in total. The zero-order valence-corrected chi connectivity index (χ0v) is 14.1. The van der Waals surface area contributed by atoms with E-state index in [2.05, 4.69) is 0 Å². The molecule has 0 bridgehead atoms. The van der Waals surface area contributed by atoms with Crippen LogP contribution in [0.5, 0.6) is 0 Å². The first-order chi connectivity index (χ1) is 13.8. The van der Waals surface area contributed by atoms with Crippen LogP contribution in [-0.4, -0.2) is 11.8 Å². The van der Waals surface area contributed by atoms with E-state index in [9.17, 15) is 70.2 Å². The third-order valence-corrected chi connectivity index (χ3v) is 2.98. The predicted molar refractivity (Wildman–Crippen MR) is 72.1 cm³/mol. The Kier molecular flexibility index (Phi) is 9.21. The van der Waals surface area contributed by atoms with E-state index in [0.29, 0.717) is 0 Å². The highest BCUT2D eigenvalue weighted by atomic mass is 19.4. The Balaban J connectivity index is 6.65. The number of hydrogen-bond donors (Lipinski definition) is 0. The van der Waals surface area contributed by atoms with Crippen LogP contribution in [0.2, 0.25) is 0 Å². The SMILES string of the molecule is CC(F)(/C(F)=C(F)/C(F)=C(F)/C(F)=C(F)/C(F)=C(F)/C(F)=C(F)/C(F)=C/F)C(F)(F)F. The molecule has 0 rings (SSSR count). The summed E-state index contributed by atoms with van der Waals surface area (Å²) in [5, 5.41) is 0. The summed E-state index contributed by atoms with van der Waals surface area (Å²) in [6, 6.07) is 0. The molecule has 1 unspecified atom stereocenters. The molecule has 0 radical (unpaired) electrons. The monoisotopic (exact) mass is 488 g/mol. The van der Waals surface area contributed by atoms with Crippen molar-refractivity contribution in [2.75, 3.05) is 0 Å². The van der Waals surface area contributed by atoms with E-state index >= 15 is 0 Å². The number of rotatable bonds is 6. The maximum atomic E-state index is 13.3. The fourth-order valence-corrected chi connectivity index (χ4v) is 1.25. The second kappa shape index (κ2) is 10.1. The molecule has 0 aliphatic rings. The molecule has 0 aliphatic heterocycles. The molecule has 0 saturated heterocycles. The molecule has 0 aliphatic carbocycles. The van der Waals surface area contributed by atoms with Gasteiger partial charge >= 0.3 is 6.18 Å². The first kappa shape index (κ1) is 28.3. The average molecular weight is 488 g/mol. The molecule has 0 fully saturated rings. The van der Waals surface area contributed by atoms with Crippen LogP contribution >= 0.6 is 0 Å². The molecule has 0 aromatic carbocycles. The fourth-order valence-electron chi connectivity index (χ4n) is 1.25. The molecule has 1 atom stereocenters. The normalized spacial score (nSPS) is 19.6. The van der Waals surface area contributed by atoms with Gasteiger partial charge in [0.25, 0.3) is 5.67 Å². The van der Waals surface area contributed by atoms with Gasteiger partial charge in [0, 0.05) is 0 Å². The molecule has 0 spiro atoms. The Morgan fingerprint density at radius 3 is 1.00 bits per heavy atom. The maximum absolute atomic E-state index is 13.3. The smallest absolute Gasteiger partial charge is 0.226 e. The Labute approximate surface area is 160 Å². The van der Waals surface area contributed by atoms with E-state index < -0.39 is 89.2 Å². The molecular formula is C15H4F16. The van der Waals surface area contributed by atoms with E-state index in [-0.39, 0.29) is 0 Å². The second-order valence-electron chi connectivity index (χ2n) is 5.10. The van der Waals surface area contributed by atoms with Crippen molar-refractivity contribution in [3.63, 3.8) is 0 Å². The van der Waals surface area contributed by atoms with E-state index in [1.807, 2.05) is 0 Å². The Bertz CT molecular complexity index is 906. The van der Waals surface area contributed by atoms with Crippen molar-refractivity contribution in [1.29, 1.82) is 0 Å². The summed E-state index contributed by atoms with van der Waals surface area (Å²) in [5.41, 5.74) is -5.32. The molecule has 31 heavy (non-hydrogen) atoms. The van der Waals surface area contributed by atoms with Crippen LogP contribution in [0.4, 0.5) is 70.2 Å². The van der Waals surface area contributed by atoms with Crippen molar-refractivity contribution >= 4 is 0 Å². The molecule has 0 heterocycles. The summed E-state index contributed by atoms with van der Waals surface area (Å²) in [7, 11) is 0. The highest BCUT2D eigenvalue weighted by molar-refractivity contribution is 5.43. The predicted octanol–water partition coefficient (Wildman–Crippen LogP) is 8.81. The van der Waals surface area contributed by atoms with Gasteiger partial charge in [-0.25, -0.2) is 57.1 Å². The molecule has 0 amide bonds. The first-order valence-corrected chi connectivity index (χ1v) is 6.84.